The molecule has 5 heteroatoms. The van der Waals surface area contributed by atoms with Crippen molar-refractivity contribution >= 4 is 0 Å². The maximum Gasteiger partial charge on any atom is 0.231 e. The van der Waals surface area contributed by atoms with E-state index in [4.69, 9.17) is 14.2 Å². The monoisotopic (exact) mass is 433 g/mol. The summed E-state index contributed by atoms with van der Waals surface area (Å²) < 4.78 is 16.9. The van der Waals surface area contributed by atoms with Gasteiger partial charge < -0.3 is 19.3 Å². The summed E-state index contributed by atoms with van der Waals surface area (Å²) in [5.41, 5.74) is 5.92. The molecule has 1 atom stereocenters. The van der Waals surface area contributed by atoms with E-state index in [1.165, 1.54) is 16.7 Å². The highest BCUT2D eigenvalue weighted by molar-refractivity contribution is 5.44. The van der Waals surface area contributed by atoms with E-state index in [-0.39, 0.29) is 13.4 Å². The minimum absolute atomic E-state index is 0.245. The molecule has 0 saturated carbocycles. The van der Waals surface area contributed by atoms with E-state index >= 15 is 0 Å². The summed E-state index contributed by atoms with van der Waals surface area (Å²) >= 11 is 0. The maximum absolute atomic E-state index is 10.8. The molecule has 1 aliphatic heterocycles. The van der Waals surface area contributed by atoms with Crippen LogP contribution in [-0.2, 0) is 13.1 Å². The van der Waals surface area contributed by atoms with Gasteiger partial charge >= 0.3 is 0 Å². The number of rotatable bonds is 9. The summed E-state index contributed by atoms with van der Waals surface area (Å²) in [6.07, 6.45) is -0.617. The third-order valence-corrected chi connectivity index (χ3v) is 5.74. The number of aliphatic hydroxyl groups is 1. The molecule has 0 unspecified atom stereocenters. The summed E-state index contributed by atoms with van der Waals surface area (Å²) in [5.74, 6) is 2.36. The quantitative estimate of drug-likeness (QED) is 0.526. The standard InChI is InChI=1S/C27H31NO4/c1-19-8-9-20(2)23(12-19)15-28(14-22-10-11-26-27(13-22)32-18-31-26)16-24(29)17-30-25-7-5-4-6-21(25)3/h4-13,24,29H,14-18H2,1-3H3/t24-/m1/s1. The number of aryl methyl sites for hydroxylation is 3. The fourth-order valence-electron chi connectivity index (χ4n) is 3.95. The van der Waals surface area contributed by atoms with Gasteiger partial charge in [0, 0.05) is 19.6 Å². The molecule has 0 spiro atoms. The molecule has 0 radical (unpaired) electrons. The van der Waals surface area contributed by atoms with E-state index in [9.17, 15) is 5.11 Å². The SMILES string of the molecule is Cc1ccc(C)c(CN(Cc2ccc3c(c2)OCO3)C[C@@H](O)COc2ccccc2C)c1. The Bertz CT molecular complexity index is 1070. The molecular weight excluding hydrogens is 402 g/mol. The Morgan fingerprint density at radius 1 is 0.906 bits per heavy atom. The number of hydrogen-bond acceptors (Lipinski definition) is 5. The Labute approximate surface area is 190 Å². The Kier molecular flexibility index (Phi) is 6.98. The molecule has 1 N–H and O–H groups in total. The second-order valence-corrected chi connectivity index (χ2v) is 8.52. The number of hydrogen-bond donors (Lipinski definition) is 1. The van der Waals surface area contributed by atoms with Crippen molar-refractivity contribution in [2.75, 3.05) is 19.9 Å². The van der Waals surface area contributed by atoms with Gasteiger partial charge in [-0.1, -0.05) is 48.0 Å². The van der Waals surface area contributed by atoms with E-state index in [1.54, 1.807) is 0 Å². The molecule has 0 bridgehead atoms. The normalized spacial score (nSPS) is 13.4. The first-order valence-corrected chi connectivity index (χ1v) is 11.0. The lowest BCUT2D eigenvalue weighted by Crippen LogP contribution is -2.35. The van der Waals surface area contributed by atoms with Crippen molar-refractivity contribution in [3.63, 3.8) is 0 Å². The number of para-hydroxylation sites is 1. The van der Waals surface area contributed by atoms with E-state index in [1.807, 2.05) is 43.3 Å². The summed E-state index contributed by atoms with van der Waals surface area (Å²) in [6, 6.07) is 20.4. The zero-order valence-corrected chi connectivity index (χ0v) is 19.0. The lowest BCUT2D eigenvalue weighted by molar-refractivity contribution is 0.0625. The number of nitrogens with zero attached hydrogens (tertiary/aromatic N) is 1. The highest BCUT2D eigenvalue weighted by Crippen LogP contribution is 2.33. The summed E-state index contributed by atoms with van der Waals surface area (Å²) in [6.45, 7) is 8.67. The van der Waals surface area contributed by atoms with Crippen molar-refractivity contribution < 1.29 is 19.3 Å². The van der Waals surface area contributed by atoms with Crippen molar-refractivity contribution in [3.05, 3.63) is 88.5 Å². The van der Waals surface area contributed by atoms with Crippen LogP contribution in [0.5, 0.6) is 17.2 Å². The zero-order chi connectivity index (χ0) is 22.5. The minimum Gasteiger partial charge on any atom is -0.491 e. The van der Waals surface area contributed by atoms with Crippen molar-refractivity contribution in [3.8, 4) is 17.2 Å². The van der Waals surface area contributed by atoms with E-state index in [0.29, 0.717) is 13.1 Å². The predicted molar refractivity (Wildman–Crippen MR) is 125 cm³/mol. The lowest BCUT2D eigenvalue weighted by atomic mass is 10.0. The largest absolute Gasteiger partial charge is 0.491 e. The van der Waals surface area contributed by atoms with E-state index in [2.05, 4.69) is 43.0 Å². The Morgan fingerprint density at radius 3 is 2.56 bits per heavy atom. The van der Waals surface area contributed by atoms with Crippen LogP contribution in [0.3, 0.4) is 0 Å². The van der Waals surface area contributed by atoms with Crippen LogP contribution >= 0.6 is 0 Å². The second kappa shape index (κ2) is 10.1. The smallest absolute Gasteiger partial charge is 0.231 e. The van der Waals surface area contributed by atoms with Crippen LogP contribution in [0.2, 0.25) is 0 Å². The molecule has 0 aliphatic carbocycles. The van der Waals surface area contributed by atoms with Crippen LogP contribution in [0, 0.1) is 20.8 Å². The average molecular weight is 434 g/mol. The van der Waals surface area contributed by atoms with Crippen molar-refractivity contribution in [1.82, 2.24) is 4.90 Å². The van der Waals surface area contributed by atoms with Crippen LogP contribution < -0.4 is 14.2 Å². The van der Waals surface area contributed by atoms with Gasteiger partial charge in [-0.15, -0.1) is 0 Å². The molecule has 1 heterocycles. The van der Waals surface area contributed by atoms with Gasteiger partial charge in [-0.25, -0.2) is 0 Å². The highest BCUT2D eigenvalue weighted by atomic mass is 16.7. The number of aliphatic hydroxyl groups excluding tert-OH is 1. The molecule has 0 saturated heterocycles. The third kappa shape index (κ3) is 5.61. The third-order valence-electron chi connectivity index (χ3n) is 5.74. The summed E-state index contributed by atoms with van der Waals surface area (Å²) in [5, 5.41) is 10.8. The molecule has 0 amide bonds. The van der Waals surface area contributed by atoms with Crippen LogP contribution in [-0.4, -0.2) is 36.1 Å². The first kappa shape index (κ1) is 22.2. The average Bonchev–Trinajstić information content (AvgIpc) is 3.23. The minimum atomic E-state index is -0.617. The Morgan fingerprint density at radius 2 is 1.72 bits per heavy atom. The first-order valence-electron chi connectivity index (χ1n) is 11.0. The van der Waals surface area contributed by atoms with Crippen molar-refractivity contribution in [2.24, 2.45) is 0 Å². The van der Waals surface area contributed by atoms with Crippen molar-refractivity contribution in [1.29, 1.82) is 0 Å². The zero-order valence-electron chi connectivity index (χ0n) is 19.0. The predicted octanol–water partition coefficient (Wildman–Crippen LogP) is 4.78. The molecule has 168 valence electrons. The van der Waals surface area contributed by atoms with Crippen LogP contribution in [0.25, 0.3) is 0 Å². The number of ether oxygens (including phenoxy) is 3. The van der Waals surface area contributed by atoms with E-state index in [0.717, 1.165) is 34.9 Å². The molecular formula is C27H31NO4. The molecule has 5 nitrogen and oxygen atoms in total. The Balaban J connectivity index is 1.47. The van der Waals surface area contributed by atoms with Gasteiger partial charge in [0.2, 0.25) is 6.79 Å². The van der Waals surface area contributed by atoms with Gasteiger partial charge in [-0.2, -0.15) is 0 Å². The number of benzene rings is 3. The first-order chi connectivity index (χ1) is 15.5. The topological polar surface area (TPSA) is 51.2 Å². The Hall–Kier alpha value is -3.02. The molecule has 0 aromatic heterocycles. The van der Waals surface area contributed by atoms with Gasteiger partial charge in [0.15, 0.2) is 11.5 Å². The van der Waals surface area contributed by atoms with Gasteiger partial charge in [-0.3, -0.25) is 4.90 Å². The van der Waals surface area contributed by atoms with E-state index < -0.39 is 6.10 Å². The molecule has 0 fully saturated rings. The molecule has 32 heavy (non-hydrogen) atoms. The molecule has 1 aliphatic rings. The second-order valence-electron chi connectivity index (χ2n) is 8.52. The maximum atomic E-state index is 10.8. The summed E-state index contributed by atoms with van der Waals surface area (Å²) in [4.78, 5) is 2.26. The number of fused-ring (bicyclic) bond motifs is 1. The van der Waals surface area contributed by atoms with Crippen molar-refractivity contribution in [2.45, 2.75) is 40.0 Å². The van der Waals surface area contributed by atoms with Crippen LogP contribution in [0.4, 0.5) is 0 Å². The molecule has 3 aromatic rings. The van der Waals surface area contributed by atoms with Crippen LogP contribution in [0.1, 0.15) is 27.8 Å². The van der Waals surface area contributed by atoms with Gasteiger partial charge in [0.05, 0.1) is 0 Å². The van der Waals surface area contributed by atoms with Gasteiger partial charge in [-0.05, 0) is 61.2 Å². The van der Waals surface area contributed by atoms with Crippen LogP contribution in [0.15, 0.2) is 60.7 Å². The lowest BCUT2D eigenvalue weighted by Gasteiger charge is -2.26. The van der Waals surface area contributed by atoms with Gasteiger partial charge in [0.1, 0.15) is 18.5 Å². The molecule has 4 rings (SSSR count). The van der Waals surface area contributed by atoms with Gasteiger partial charge in [0.25, 0.3) is 0 Å². The fraction of sp³-hybridized carbons (Fsp3) is 0.333. The molecule has 3 aromatic carbocycles. The summed E-state index contributed by atoms with van der Waals surface area (Å²) in [7, 11) is 0. The fourth-order valence-corrected chi connectivity index (χ4v) is 3.95. The highest BCUT2D eigenvalue weighted by Gasteiger charge is 2.18.